The number of hydrogen-bond donors (Lipinski definition) is 0. The van der Waals surface area contributed by atoms with Gasteiger partial charge in [-0.25, -0.2) is 4.79 Å². The van der Waals surface area contributed by atoms with Crippen molar-refractivity contribution in [1.82, 2.24) is 0 Å². The number of hydrogen-bond acceptors (Lipinski definition) is 3. The van der Waals surface area contributed by atoms with Gasteiger partial charge in [-0.15, -0.1) is 0 Å². The van der Waals surface area contributed by atoms with Crippen molar-refractivity contribution < 1.29 is 14.3 Å². The number of ether oxygens (including phenoxy) is 2. The van der Waals surface area contributed by atoms with Gasteiger partial charge in [0.25, 0.3) is 0 Å². The number of rotatable bonds is 1. The third-order valence-electron chi connectivity index (χ3n) is 3.86. The van der Waals surface area contributed by atoms with Crippen molar-refractivity contribution in [3.63, 3.8) is 0 Å². The molecule has 2 unspecified atom stereocenters. The molecule has 0 spiro atoms. The Balaban J connectivity index is 1.94. The molecule has 1 aliphatic heterocycles. The lowest BCUT2D eigenvalue weighted by molar-refractivity contribution is -0.147. The molecule has 3 heteroatoms. The van der Waals surface area contributed by atoms with E-state index in [-0.39, 0.29) is 12.1 Å². The van der Waals surface area contributed by atoms with Gasteiger partial charge < -0.3 is 9.47 Å². The van der Waals surface area contributed by atoms with Crippen molar-refractivity contribution in [3.8, 4) is 0 Å². The molecule has 0 aromatic heterocycles. The summed E-state index contributed by atoms with van der Waals surface area (Å²) in [6.07, 6.45) is 10.7. The third kappa shape index (κ3) is 2.40. The highest BCUT2D eigenvalue weighted by Gasteiger charge is 2.62. The zero-order valence-electron chi connectivity index (χ0n) is 10.2. The normalized spacial score (nSPS) is 35.7. The SMILES string of the molecule is COC(=O)C12CCCCCCCCCC1O2. The standard InChI is InChI=1S/C13H22O3/c1-15-12(14)13-10-8-6-4-2-3-5-7-9-11(13)16-13/h11H,2-10H2,1H3. The van der Waals surface area contributed by atoms with Crippen LogP contribution in [0.2, 0.25) is 0 Å². The van der Waals surface area contributed by atoms with Gasteiger partial charge in [-0.2, -0.15) is 0 Å². The van der Waals surface area contributed by atoms with Crippen molar-refractivity contribution in [2.24, 2.45) is 0 Å². The lowest BCUT2D eigenvalue weighted by Gasteiger charge is -2.09. The number of methoxy groups -OCH3 is 1. The second-order valence-corrected chi connectivity index (χ2v) is 5.00. The van der Waals surface area contributed by atoms with Crippen LogP contribution in [0.15, 0.2) is 0 Å². The van der Waals surface area contributed by atoms with Gasteiger partial charge in [0, 0.05) is 0 Å². The first kappa shape index (κ1) is 11.9. The van der Waals surface area contributed by atoms with Gasteiger partial charge in [0.05, 0.1) is 13.2 Å². The molecule has 0 aromatic carbocycles. The predicted octanol–water partition coefficient (Wildman–Crippen LogP) is 2.82. The van der Waals surface area contributed by atoms with Gasteiger partial charge in [-0.3, -0.25) is 0 Å². The minimum atomic E-state index is -0.556. The number of esters is 1. The first-order valence-corrected chi connectivity index (χ1v) is 6.56. The number of carbonyl (C=O) groups is 1. The molecular formula is C13H22O3. The van der Waals surface area contributed by atoms with E-state index in [0.717, 1.165) is 19.3 Å². The first-order valence-electron chi connectivity index (χ1n) is 6.56. The molecule has 92 valence electrons. The van der Waals surface area contributed by atoms with Crippen LogP contribution in [-0.4, -0.2) is 24.8 Å². The van der Waals surface area contributed by atoms with Crippen LogP contribution in [0, 0.1) is 0 Å². The highest BCUT2D eigenvalue weighted by atomic mass is 16.7. The number of fused-ring (bicyclic) bond motifs is 1. The van der Waals surface area contributed by atoms with Crippen LogP contribution < -0.4 is 0 Å². The zero-order valence-corrected chi connectivity index (χ0v) is 10.2. The van der Waals surface area contributed by atoms with Gasteiger partial charge in [-0.1, -0.05) is 38.5 Å². The summed E-state index contributed by atoms with van der Waals surface area (Å²) in [5, 5.41) is 0. The third-order valence-corrected chi connectivity index (χ3v) is 3.86. The monoisotopic (exact) mass is 226 g/mol. The summed E-state index contributed by atoms with van der Waals surface area (Å²) in [4.78, 5) is 11.7. The predicted molar refractivity (Wildman–Crippen MR) is 61.2 cm³/mol. The van der Waals surface area contributed by atoms with Crippen LogP contribution in [0.25, 0.3) is 0 Å². The summed E-state index contributed by atoms with van der Waals surface area (Å²) < 4.78 is 10.5. The minimum absolute atomic E-state index is 0.137. The maximum atomic E-state index is 11.7. The highest BCUT2D eigenvalue weighted by molar-refractivity contribution is 5.83. The second kappa shape index (κ2) is 5.17. The molecule has 1 saturated carbocycles. The van der Waals surface area contributed by atoms with Crippen LogP contribution in [0.1, 0.15) is 57.8 Å². The van der Waals surface area contributed by atoms with E-state index in [0.29, 0.717) is 0 Å². The summed E-state index contributed by atoms with van der Waals surface area (Å²) in [6.45, 7) is 0. The minimum Gasteiger partial charge on any atom is -0.467 e. The van der Waals surface area contributed by atoms with Crippen molar-refractivity contribution in [2.45, 2.75) is 69.5 Å². The maximum absolute atomic E-state index is 11.7. The molecule has 3 nitrogen and oxygen atoms in total. The fourth-order valence-electron chi connectivity index (χ4n) is 2.79. The topological polar surface area (TPSA) is 38.8 Å². The Kier molecular flexibility index (Phi) is 3.85. The Morgan fingerprint density at radius 3 is 2.44 bits per heavy atom. The first-order chi connectivity index (χ1) is 7.79. The Labute approximate surface area is 97.5 Å². The molecule has 0 aromatic rings. The van der Waals surface area contributed by atoms with Gasteiger partial charge in [0.15, 0.2) is 5.60 Å². The van der Waals surface area contributed by atoms with E-state index < -0.39 is 5.60 Å². The summed E-state index contributed by atoms with van der Waals surface area (Å²) >= 11 is 0. The number of carbonyl (C=O) groups excluding carboxylic acids is 1. The van der Waals surface area contributed by atoms with Gasteiger partial charge >= 0.3 is 5.97 Å². The molecule has 1 aliphatic carbocycles. The van der Waals surface area contributed by atoms with E-state index in [9.17, 15) is 4.79 Å². The maximum Gasteiger partial charge on any atom is 0.340 e. The van der Waals surface area contributed by atoms with E-state index in [1.807, 2.05) is 0 Å². The summed E-state index contributed by atoms with van der Waals surface area (Å²) in [5.74, 6) is -0.156. The van der Waals surface area contributed by atoms with Crippen molar-refractivity contribution in [2.75, 3.05) is 7.11 Å². The van der Waals surface area contributed by atoms with E-state index in [2.05, 4.69) is 0 Å². The second-order valence-electron chi connectivity index (χ2n) is 5.00. The van der Waals surface area contributed by atoms with Gasteiger partial charge in [0.2, 0.25) is 0 Å². The molecule has 0 radical (unpaired) electrons. The molecule has 1 heterocycles. The Morgan fingerprint density at radius 1 is 1.12 bits per heavy atom. The molecule has 2 aliphatic rings. The van der Waals surface area contributed by atoms with E-state index in [1.165, 1.54) is 45.6 Å². The molecule has 0 amide bonds. The molecule has 1 saturated heterocycles. The Bertz CT molecular complexity index is 252. The Morgan fingerprint density at radius 2 is 1.75 bits per heavy atom. The van der Waals surface area contributed by atoms with Gasteiger partial charge in [0.1, 0.15) is 0 Å². The summed E-state index contributed by atoms with van der Waals surface area (Å²) in [7, 11) is 1.46. The van der Waals surface area contributed by atoms with Crippen LogP contribution in [0.3, 0.4) is 0 Å². The average Bonchev–Trinajstić information content (AvgIpc) is 2.99. The molecule has 2 atom stereocenters. The largest absolute Gasteiger partial charge is 0.467 e. The lowest BCUT2D eigenvalue weighted by Crippen LogP contribution is -2.28. The molecule has 16 heavy (non-hydrogen) atoms. The fourth-order valence-corrected chi connectivity index (χ4v) is 2.79. The van der Waals surface area contributed by atoms with Crippen LogP contribution in [0.4, 0.5) is 0 Å². The summed E-state index contributed by atoms with van der Waals surface area (Å²) in [6, 6.07) is 0. The molecule has 0 bridgehead atoms. The average molecular weight is 226 g/mol. The van der Waals surface area contributed by atoms with Crippen LogP contribution in [0.5, 0.6) is 0 Å². The lowest BCUT2D eigenvalue weighted by atomic mass is 9.95. The van der Waals surface area contributed by atoms with Crippen molar-refractivity contribution >= 4 is 5.97 Å². The highest BCUT2D eigenvalue weighted by Crippen LogP contribution is 2.45. The van der Waals surface area contributed by atoms with E-state index >= 15 is 0 Å². The smallest absolute Gasteiger partial charge is 0.340 e. The summed E-state index contributed by atoms with van der Waals surface area (Å²) in [5.41, 5.74) is -0.556. The van der Waals surface area contributed by atoms with Crippen LogP contribution in [-0.2, 0) is 14.3 Å². The zero-order chi connectivity index (χ0) is 11.4. The van der Waals surface area contributed by atoms with E-state index in [4.69, 9.17) is 9.47 Å². The quantitative estimate of drug-likeness (QED) is 0.510. The molecule has 0 N–H and O–H groups in total. The fraction of sp³-hybridized carbons (Fsp3) is 0.923. The van der Waals surface area contributed by atoms with Gasteiger partial charge in [-0.05, 0) is 19.3 Å². The Hall–Kier alpha value is -0.570. The number of epoxide rings is 1. The van der Waals surface area contributed by atoms with Crippen molar-refractivity contribution in [3.05, 3.63) is 0 Å². The van der Waals surface area contributed by atoms with Crippen molar-refractivity contribution in [1.29, 1.82) is 0 Å². The van der Waals surface area contributed by atoms with E-state index in [1.54, 1.807) is 0 Å². The molecule has 2 fully saturated rings. The molecular weight excluding hydrogens is 204 g/mol. The van der Waals surface area contributed by atoms with Crippen LogP contribution >= 0.6 is 0 Å². The molecule has 2 rings (SSSR count).